The molecule has 0 aliphatic heterocycles. The topological polar surface area (TPSA) is 69.6 Å². The summed E-state index contributed by atoms with van der Waals surface area (Å²) >= 11 is 0. The Labute approximate surface area is 116 Å². The summed E-state index contributed by atoms with van der Waals surface area (Å²) in [5.74, 6) is -0.420. The average Bonchev–Trinajstić information content (AvgIpc) is 2.42. The van der Waals surface area contributed by atoms with Gasteiger partial charge in [0.05, 0.1) is 0 Å². The maximum atomic E-state index is 12.4. The highest BCUT2D eigenvalue weighted by Gasteiger charge is 2.26. The van der Waals surface area contributed by atoms with Gasteiger partial charge < -0.3 is 4.90 Å². The third kappa shape index (κ3) is 6.57. The third-order valence-electron chi connectivity index (χ3n) is 3.48. The fourth-order valence-electron chi connectivity index (χ4n) is 2.15. The first-order valence-corrected chi connectivity index (χ1v) is 7.21. The molecule has 112 valence electrons. The van der Waals surface area contributed by atoms with Crippen LogP contribution in [0.25, 0.3) is 0 Å². The van der Waals surface area contributed by atoms with Crippen molar-refractivity contribution in [3.63, 3.8) is 0 Å². The molecule has 0 aromatic rings. The van der Waals surface area contributed by atoms with Crippen molar-refractivity contribution in [1.82, 2.24) is 10.4 Å². The largest absolute Gasteiger partial charge is 0.343 e. The van der Waals surface area contributed by atoms with E-state index < -0.39 is 5.91 Å². The highest BCUT2D eigenvalue weighted by molar-refractivity contribution is 5.85. The molecular weight excluding hydrogens is 244 g/mol. The minimum Gasteiger partial charge on any atom is -0.343 e. The minimum atomic E-state index is -0.491. The van der Waals surface area contributed by atoms with E-state index in [1.165, 1.54) is 0 Å². The highest BCUT2D eigenvalue weighted by atomic mass is 16.5. The fraction of sp³-hybridized carbons (Fsp3) is 0.857. The second-order valence-electron chi connectivity index (χ2n) is 5.10. The molecule has 2 amide bonds. The van der Waals surface area contributed by atoms with Crippen molar-refractivity contribution in [3.8, 4) is 0 Å². The zero-order valence-electron chi connectivity index (χ0n) is 12.6. The lowest BCUT2D eigenvalue weighted by Crippen LogP contribution is -2.39. The number of nitrogens with one attached hydrogen (secondary N) is 1. The highest BCUT2D eigenvalue weighted by Crippen LogP contribution is 2.21. The lowest BCUT2D eigenvalue weighted by molar-refractivity contribution is -0.141. The molecule has 0 heterocycles. The van der Waals surface area contributed by atoms with Crippen molar-refractivity contribution in [2.24, 2.45) is 11.8 Å². The van der Waals surface area contributed by atoms with E-state index in [0.29, 0.717) is 25.4 Å². The fourth-order valence-corrected chi connectivity index (χ4v) is 2.15. The molecule has 0 bridgehead atoms. The summed E-state index contributed by atoms with van der Waals surface area (Å²) in [7, 11) is 0. The third-order valence-corrected chi connectivity index (χ3v) is 3.48. The van der Waals surface area contributed by atoms with Gasteiger partial charge in [0.25, 0.3) is 0 Å². The van der Waals surface area contributed by atoms with Crippen LogP contribution in [-0.2, 0) is 9.59 Å². The van der Waals surface area contributed by atoms with Gasteiger partial charge in [-0.25, -0.2) is 5.48 Å². The van der Waals surface area contributed by atoms with Crippen molar-refractivity contribution in [2.75, 3.05) is 13.1 Å². The predicted octanol–water partition coefficient (Wildman–Crippen LogP) is 2.19. The van der Waals surface area contributed by atoms with Crippen LogP contribution in [0.2, 0.25) is 0 Å². The van der Waals surface area contributed by atoms with E-state index >= 15 is 0 Å². The first kappa shape index (κ1) is 17.9. The van der Waals surface area contributed by atoms with E-state index in [1.807, 2.05) is 13.8 Å². The van der Waals surface area contributed by atoms with Gasteiger partial charge in [-0.05, 0) is 25.7 Å². The lowest BCUT2D eigenvalue weighted by Gasteiger charge is -2.27. The van der Waals surface area contributed by atoms with Crippen molar-refractivity contribution < 1.29 is 14.8 Å². The van der Waals surface area contributed by atoms with Gasteiger partial charge in [0.2, 0.25) is 11.8 Å². The molecule has 0 radical (unpaired) electrons. The molecule has 5 heteroatoms. The molecule has 0 saturated carbocycles. The summed E-state index contributed by atoms with van der Waals surface area (Å²) in [4.78, 5) is 25.6. The van der Waals surface area contributed by atoms with E-state index in [1.54, 1.807) is 10.4 Å². The van der Waals surface area contributed by atoms with Crippen molar-refractivity contribution in [1.29, 1.82) is 0 Å². The normalized spacial score (nSPS) is 13.7. The van der Waals surface area contributed by atoms with Crippen LogP contribution in [0.4, 0.5) is 0 Å². The molecular formula is C14H28N2O3. The van der Waals surface area contributed by atoms with Gasteiger partial charge >= 0.3 is 0 Å². The first-order chi connectivity index (χ1) is 8.99. The molecule has 1 unspecified atom stereocenters. The Morgan fingerprint density at radius 1 is 1.26 bits per heavy atom. The second kappa shape index (κ2) is 9.78. The molecule has 0 aliphatic rings. The lowest BCUT2D eigenvalue weighted by atomic mass is 9.90. The second-order valence-corrected chi connectivity index (χ2v) is 5.10. The van der Waals surface area contributed by atoms with Gasteiger partial charge in [0.1, 0.15) is 0 Å². The summed E-state index contributed by atoms with van der Waals surface area (Å²) < 4.78 is 0. The first-order valence-electron chi connectivity index (χ1n) is 7.21. The Balaban J connectivity index is 4.77. The number of hydrogen-bond donors (Lipinski definition) is 2. The summed E-state index contributed by atoms with van der Waals surface area (Å²) in [5.41, 5.74) is 1.62. The van der Waals surface area contributed by atoms with Crippen LogP contribution in [-0.4, -0.2) is 35.0 Å². The number of hydrogen-bond acceptors (Lipinski definition) is 3. The molecule has 0 fully saturated rings. The molecule has 0 aliphatic carbocycles. The van der Waals surface area contributed by atoms with Crippen LogP contribution < -0.4 is 5.48 Å². The van der Waals surface area contributed by atoms with E-state index in [0.717, 1.165) is 12.8 Å². The minimum absolute atomic E-state index is 0.0215. The summed E-state index contributed by atoms with van der Waals surface area (Å²) in [5, 5.41) is 8.63. The summed E-state index contributed by atoms with van der Waals surface area (Å²) in [6, 6.07) is 0. The monoisotopic (exact) mass is 272 g/mol. The van der Waals surface area contributed by atoms with Gasteiger partial charge in [0, 0.05) is 25.4 Å². The van der Waals surface area contributed by atoms with Gasteiger partial charge in [-0.1, -0.05) is 27.2 Å². The van der Waals surface area contributed by atoms with Crippen LogP contribution in [0.15, 0.2) is 0 Å². The average molecular weight is 272 g/mol. The number of amides is 2. The molecule has 19 heavy (non-hydrogen) atoms. The maximum absolute atomic E-state index is 12.4. The van der Waals surface area contributed by atoms with Crippen LogP contribution in [0, 0.1) is 11.8 Å². The molecule has 0 aromatic heterocycles. The smallest absolute Gasteiger partial charge is 0.244 e. The van der Waals surface area contributed by atoms with Gasteiger partial charge in [-0.15, -0.1) is 0 Å². The Bertz CT molecular complexity index is 282. The van der Waals surface area contributed by atoms with Crippen LogP contribution >= 0.6 is 0 Å². The molecule has 5 nitrogen and oxygen atoms in total. The van der Waals surface area contributed by atoms with E-state index in [9.17, 15) is 9.59 Å². The maximum Gasteiger partial charge on any atom is 0.244 e. The molecule has 0 saturated heterocycles. The zero-order valence-corrected chi connectivity index (χ0v) is 12.6. The van der Waals surface area contributed by atoms with Crippen LogP contribution in [0.1, 0.15) is 53.4 Å². The Kier molecular flexibility index (Phi) is 9.21. The number of hydroxylamine groups is 1. The van der Waals surface area contributed by atoms with Crippen LogP contribution in [0.3, 0.4) is 0 Å². The molecule has 2 N–H and O–H groups in total. The quantitative estimate of drug-likeness (QED) is 0.499. The standard InChI is InChI=1S/C14H28N2O3/c1-5-8-16(7-3)14(18)12(9-11(4)6-2)10-13(17)15-19/h11-12,19H,5-10H2,1-4H3,(H,15,17)/t11?,12-/m1/s1. The number of nitrogens with zero attached hydrogens (tertiary/aromatic N) is 1. The van der Waals surface area contributed by atoms with Gasteiger partial charge in [0.15, 0.2) is 0 Å². The van der Waals surface area contributed by atoms with Crippen molar-refractivity contribution in [2.45, 2.75) is 53.4 Å². The SMILES string of the molecule is CCCN(CC)C(=O)[C@@H](CC(=O)NO)CC(C)CC. The Morgan fingerprint density at radius 2 is 1.89 bits per heavy atom. The Hall–Kier alpha value is -1.10. The molecule has 2 atom stereocenters. The van der Waals surface area contributed by atoms with E-state index in [2.05, 4.69) is 13.8 Å². The van der Waals surface area contributed by atoms with E-state index in [-0.39, 0.29) is 18.2 Å². The van der Waals surface area contributed by atoms with Crippen molar-refractivity contribution >= 4 is 11.8 Å². The molecule has 0 rings (SSSR count). The summed E-state index contributed by atoms with van der Waals surface area (Å²) in [6.45, 7) is 9.49. The predicted molar refractivity (Wildman–Crippen MR) is 74.7 cm³/mol. The van der Waals surface area contributed by atoms with Crippen molar-refractivity contribution in [3.05, 3.63) is 0 Å². The number of carbonyl (C=O) groups excluding carboxylic acids is 2. The van der Waals surface area contributed by atoms with Crippen LogP contribution in [0.5, 0.6) is 0 Å². The summed E-state index contributed by atoms with van der Waals surface area (Å²) in [6.07, 6.45) is 2.62. The van der Waals surface area contributed by atoms with Gasteiger partial charge in [-0.3, -0.25) is 14.8 Å². The van der Waals surface area contributed by atoms with Gasteiger partial charge in [-0.2, -0.15) is 0 Å². The molecule has 0 aromatic carbocycles. The number of carbonyl (C=O) groups is 2. The Morgan fingerprint density at radius 3 is 2.32 bits per heavy atom. The molecule has 0 spiro atoms. The number of rotatable bonds is 9. The van der Waals surface area contributed by atoms with E-state index in [4.69, 9.17) is 5.21 Å². The zero-order chi connectivity index (χ0) is 14.8.